The summed E-state index contributed by atoms with van der Waals surface area (Å²) in [6.45, 7) is 0.618. The van der Waals surface area contributed by atoms with Gasteiger partial charge in [-0.25, -0.2) is 4.79 Å². The van der Waals surface area contributed by atoms with Gasteiger partial charge in [0.05, 0.1) is 5.69 Å². The lowest BCUT2D eigenvalue weighted by Gasteiger charge is -2.07. The van der Waals surface area contributed by atoms with Gasteiger partial charge in [0.15, 0.2) is 0 Å². The van der Waals surface area contributed by atoms with Crippen molar-refractivity contribution in [2.24, 2.45) is 0 Å². The Bertz CT molecular complexity index is 801. The molecule has 0 atom stereocenters. The summed E-state index contributed by atoms with van der Waals surface area (Å²) >= 11 is 3.28. The molecule has 24 heavy (non-hydrogen) atoms. The lowest BCUT2D eigenvalue weighted by Crippen LogP contribution is -2.05. The molecule has 122 valence electrons. The molecule has 0 radical (unpaired) electrons. The Morgan fingerprint density at radius 3 is 2.62 bits per heavy atom. The van der Waals surface area contributed by atoms with Gasteiger partial charge in [0, 0.05) is 16.9 Å². The first-order chi connectivity index (χ1) is 11.7. The summed E-state index contributed by atoms with van der Waals surface area (Å²) in [6, 6.07) is 14.8. The molecule has 3 rings (SSSR count). The second-order valence-corrected chi connectivity index (χ2v) is 5.98. The Kier molecular flexibility index (Phi) is 5.28. The third-order valence-corrected chi connectivity index (χ3v) is 3.73. The number of ether oxygens (including phenoxy) is 2. The highest BCUT2D eigenvalue weighted by Gasteiger charge is 2.09. The molecule has 6 heteroatoms. The fourth-order valence-corrected chi connectivity index (χ4v) is 2.38. The molecule has 0 bridgehead atoms. The molecule has 3 aromatic rings. The van der Waals surface area contributed by atoms with Gasteiger partial charge in [-0.3, -0.25) is 4.98 Å². The van der Waals surface area contributed by atoms with Gasteiger partial charge in [0.2, 0.25) is 0 Å². The average Bonchev–Trinajstić information content (AvgIpc) is 3.06. The second kappa shape index (κ2) is 7.79. The Labute approximate surface area is 147 Å². The van der Waals surface area contributed by atoms with Crippen LogP contribution in [0.5, 0.6) is 5.75 Å². The van der Waals surface area contributed by atoms with Crippen molar-refractivity contribution >= 4 is 21.9 Å². The predicted octanol–water partition coefficient (Wildman–Crippen LogP) is 4.11. The summed E-state index contributed by atoms with van der Waals surface area (Å²) in [6.07, 6.45) is 3.42. The van der Waals surface area contributed by atoms with Crippen molar-refractivity contribution in [1.29, 1.82) is 0 Å². The fraction of sp³-hybridized carbons (Fsp3) is 0.111. The van der Waals surface area contributed by atoms with Crippen LogP contribution in [0.4, 0.5) is 0 Å². The third-order valence-electron chi connectivity index (χ3n) is 3.27. The van der Waals surface area contributed by atoms with Gasteiger partial charge in [-0.2, -0.15) is 0 Å². The number of pyridine rings is 1. The number of aromatic amines is 1. The number of carbonyl (C=O) groups excluding carboxylic acids is 1. The summed E-state index contributed by atoms with van der Waals surface area (Å²) in [5, 5.41) is 0. The Morgan fingerprint density at radius 2 is 1.96 bits per heavy atom. The minimum Gasteiger partial charge on any atom is -0.487 e. The molecule has 0 fully saturated rings. The van der Waals surface area contributed by atoms with E-state index in [0.717, 1.165) is 21.5 Å². The minimum atomic E-state index is -0.392. The van der Waals surface area contributed by atoms with Crippen LogP contribution < -0.4 is 4.74 Å². The number of hydrogen-bond donors (Lipinski definition) is 1. The van der Waals surface area contributed by atoms with E-state index >= 15 is 0 Å². The zero-order chi connectivity index (χ0) is 16.8. The van der Waals surface area contributed by atoms with E-state index in [1.54, 1.807) is 18.5 Å². The lowest BCUT2D eigenvalue weighted by atomic mass is 10.2. The van der Waals surface area contributed by atoms with E-state index in [0.29, 0.717) is 12.3 Å². The van der Waals surface area contributed by atoms with Gasteiger partial charge in [-0.1, -0.05) is 18.2 Å². The number of halogens is 1. The lowest BCUT2D eigenvalue weighted by molar-refractivity contribution is 0.0466. The first-order valence-corrected chi connectivity index (χ1v) is 8.13. The Hall–Kier alpha value is -2.60. The molecular formula is C18H15BrN2O3. The van der Waals surface area contributed by atoms with Gasteiger partial charge in [0.25, 0.3) is 0 Å². The van der Waals surface area contributed by atoms with Crippen molar-refractivity contribution in [1.82, 2.24) is 9.97 Å². The Morgan fingerprint density at radius 1 is 1.12 bits per heavy atom. The largest absolute Gasteiger partial charge is 0.487 e. The zero-order valence-electron chi connectivity index (χ0n) is 12.7. The first-order valence-electron chi connectivity index (χ1n) is 7.33. The number of benzene rings is 1. The topological polar surface area (TPSA) is 64.2 Å². The average molecular weight is 387 g/mol. The van der Waals surface area contributed by atoms with E-state index in [9.17, 15) is 4.79 Å². The number of esters is 1. The van der Waals surface area contributed by atoms with Gasteiger partial charge >= 0.3 is 5.97 Å². The maximum atomic E-state index is 11.9. The van der Waals surface area contributed by atoms with Crippen molar-refractivity contribution in [2.45, 2.75) is 13.2 Å². The molecule has 2 heterocycles. The van der Waals surface area contributed by atoms with Crippen molar-refractivity contribution in [3.63, 3.8) is 0 Å². The molecule has 0 unspecified atom stereocenters. The molecule has 0 aliphatic rings. The van der Waals surface area contributed by atoms with Gasteiger partial charge < -0.3 is 14.5 Å². The number of H-pyrrole nitrogens is 1. The van der Waals surface area contributed by atoms with Crippen molar-refractivity contribution in [2.75, 3.05) is 0 Å². The van der Waals surface area contributed by atoms with E-state index in [4.69, 9.17) is 9.47 Å². The second-order valence-electron chi connectivity index (χ2n) is 5.06. The summed E-state index contributed by atoms with van der Waals surface area (Å²) in [5.41, 5.74) is 2.17. The summed E-state index contributed by atoms with van der Waals surface area (Å²) in [4.78, 5) is 18.9. The van der Waals surface area contributed by atoms with Crippen LogP contribution in [0.2, 0.25) is 0 Å². The normalized spacial score (nSPS) is 10.4. The van der Waals surface area contributed by atoms with Crippen LogP contribution in [0, 0.1) is 0 Å². The molecular weight excluding hydrogens is 372 g/mol. The number of carbonyl (C=O) groups is 1. The number of aromatic nitrogens is 2. The van der Waals surface area contributed by atoms with Crippen LogP contribution in [0.15, 0.2) is 65.4 Å². The van der Waals surface area contributed by atoms with Crippen LogP contribution in [0.3, 0.4) is 0 Å². The molecule has 0 amide bonds. The molecule has 0 aliphatic heterocycles. The van der Waals surface area contributed by atoms with E-state index in [2.05, 4.69) is 25.9 Å². The number of hydrogen-bond acceptors (Lipinski definition) is 4. The smallest absolute Gasteiger partial charge is 0.355 e. The molecule has 1 N–H and O–H groups in total. The third kappa shape index (κ3) is 4.45. The van der Waals surface area contributed by atoms with Crippen molar-refractivity contribution in [3.8, 4) is 5.75 Å². The quantitative estimate of drug-likeness (QED) is 0.647. The molecule has 0 saturated carbocycles. The molecule has 1 aromatic carbocycles. The number of nitrogens with one attached hydrogen (secondary N) is 1. The van der Waals surface area contributed by atoms with Gasteiger partial charge in [-0.15, -0.1) is 0 Å². The van der Waals surface area contributed by atoms with Crippen LogP contribution in [0.1, 0.15) is 21.7 Å². The number of nitrogens with zero attached hydrogens (tertiary/aromatic N) is 1. The monoisotopic (exact) mass is 386 g/mol. The molecule has 0 aliphatic carbocycles. The fourth-order valence-electron chi connectivity index (χ4n) is 2.04. The van der Waals surface area contributed by atoms with Gasteiger partial charge in [-0.05, 0) is 51.8 Å². The minimum absolute atomic E-state index is 0.204. The van der Waals surface area contributed by atoms with Crippen LogP contribution >= 0.6 is 15.9 Å². The zero-order valence-corrected chi connectivity index (χ0v) is 14.3. The maximum Gasteiger partial charge on any atom is 0.355 e. The first kappa shape index (κ1) is 16.3. The molecule has 2 aromatic heterocycles. The predicted molar refractivity (Wildman–Crippen MR) is 92.6 cm³/mol. The highest BCUT2D eigenvalue weighted by molar-refractivity contribution is 9.10. The standard InChI is InChI=1S/C18H15BrN2O3/c19-14-9-17(21-10-14)18(22)24-11-13-4-6-16(7-5-13)23-12-15-3-1-2-8-20-15/h1-10,21H,11-12H2. The van der Waals surface area contributed by atoms with Crippen LogP contribution in [-0.4, -0.2) is 15.9 Å². The van der Waals surface area contributed by atoms with Crippen molar-refractivity contribution in [3.05, 3.63) is 82.3 Å². The molecule has 0 spiro atoms. The van der Waals surface area contributed by atoms with E-state index < -0.39 is 5.97 Å². The van der Waals surface area contributed by atoms with E-state index in [1.165, 1.54) is 0 Å². The highest BCUT2D eigenvalue weighted by atomic mass is 79.9. The maximum absolute atomic E-state index is 11.9. The van der Waals surface area contributed by atoms with Gasteiger partial charge in [0.1, 0.15) is 24.7 Å². The SMILES string of the molecule is O=C(OCc1ccc(OCc2ccccn2)cc1)c1cc(Br)c[nH]1. The summed E-state index contributed by atoms with van der Waals surface area (Å²) in [7, 11) is 0. The molecule has 0 saturated heterocycles. The summed E-state index contributed by atoms with van der Waals surface area (Å²) < 4.78 is 11.7. The van der Waals surface area contributed by atoms with Crippen molar-refractivity contribution < 1.29 is 14.3 Å². The van der Waals surface area contributed by atoms with Crippen LogP contribution in [-0.2, 0) is 18.0 Å². The van der Waals surface area contributed by atoms with Crippen LogP contribution in [0.25, 0.3) is 0 Å². The molecule has 5 nitrogen and oxygen atoms in total. The Balaban J connectivity index is 1.50. The van der Waals surface area contributed by atoms with E-state index in [1.807, 2.05) is 42.5 Å². The number of rotatable bonds is 6. The van der Waals surface area contributed by atoms with E-state index in [-0.39, 0.29) is 6.61 Å². The highest BCUT2D eigenvalue weighted by Crippen LogP contribution is 2.16. The summed E-state index contributed by atoms with van der Waals surface area (Å²) in [5.74, 6) is 0.347.